The maximum atomic E-state index is 10.6. The van der Waals surface area contributed by atoms with E-state index in [4.69, 9.17) is 9.84 Å². The van der Waals surface area contributed by atoms with Crippen LogP contribution in [0.1, 0.15) is 50.5 Å². The summed E-state index contributed by atoms with van der Waals surface area (Å²) >= 11 is 2.01. The maximum absolute atomic E-state index is 10.6. The lowest BCUT2D eigenvalue weighted by Crippen LogP contribution is -2.27. The first-order valence-corrected chi connectivity index (χ1v) is 11.7. The maximum Gasteiger partial charge on any atom is 0.303 e. The summed E-state index contributed by atoms with van der Waals surface area (Å²) in [6.07, 6.45) is 16.4. The zero-order valence-electron chi connectivity index (χ0n) is 16.5. The van der Waals surface area contributed by atoms with Crippen molar-refractivity contribution in [2.75, 3.05) is 11.5 Å². The third-order valence-corrected chi connectivity index (χ3v) is 6.80. The fourth-order valence-electron chi connectivity index (χ4n) is 4.46. The molecule has 1 aromatic rings. The van der Waals surface area contributed by atoms with Crippen LogP contribution in [0.4, 0.5) is 0 Å². The Hall–Kier alpha value is -1.52. The van der Waals surface area contributed by atoms with Crippen molar-refractivity contribution in [2.45, 2.75) is 57.2 Å². The van der Waals surface area contributed by atoms with Gasteiger partial charge in [-0.2, -0.15) is 11.8 Å². The second-order valence-electron chi connectivity index (χ2n) is 7.79. The zero-order chi connectivity index (χ0) is 19.6. The molecule has 3 rings (SSSR count). The highest BCUT2D eigenvalue weighted by atomic mass is 32.2. The summed E-state index contributed by atoms with van der Waals surface area (Å²) in [5.41, 5.74) is 1.26. The molecule has 4 atom stereocenters. The number of fused-ring (bicyclic) bond motifs is 2. The Morgan fingerprint density at radius 3 is 2.68 bits per heavy atom. The van der Waals surface area contributed by atoms with Crippen molar-refractivity contribution < 1.29 is 14.6 Å². The lowest BCUT2D eigenvalue weighted by atomic mass is 9.76. The van der Waals surface area contributed by atoms with Gasteiger partial charge in [0.05, 0.1) is 12.2 Å². The van der Waals surface area contributed by atoms with Crippen molar-refractivity contribution in [3.05, 3.63) is 54.1 Å². The van der Waals surface area contributed by atoms with E-state index in [2.05, 4.69) is 48.6 Å². The summed E-state index contributed by atoms with van der Waals surface area (Å²) in [6.45, 7) is 0. The molecule has 0 radical (unpaired) electrons. The van der Waals surface area contributed by atoms with Gasteiger partial charge in [0.2, 0.25) is 0 Å². The number of hydrogen-bond donors (Lipinski definition) is 1. The molecule has 2 bridgehead atoms. The van der Waals surface area contributed by atoms with Gasteiger partial charge < -0.3 is 9.84 Å². The summed E-state index contributed by atoms with van der Waals surface area (Å²) < 4.78 is 6.21. The van der Waals surface area contributed by atoms with Gasteiger partial charge in [0, 0.05) is 12.2 Å². The molecule has 152 valence electrons. The van der Waals surface area contributed by atoms with E-state index >= 15 is 0 Å². The Labute approximate surface area is 173 Å². The quantitative estimate of drug-likeness (QED) is 0.355. The van der Waals surface area contributed by atoms with Crippen LogP contribution in [0.15, 0.2) is 48.6 Å². The molecular weight excluding hydrogens is 368 g/mol. The number of unbranched alkanes of at least 4 members (excludes halogenated alkanes) is 1. The molecule has 2 aliphatic heterocycles. The number of carboxylic acids is 1. The average Bonchev–Trinajstić information content (AvgIpc) is 3.30. The largest absolute Gasteiger partial charge is 0.481 e. The fourth-order valence-corrected chi connectivity index (χ4v) is 5.30. The Bertz CT molecular complexity index is 655. The smallest absolute Gasteiger partial charge is 0.303 e. The van der Waals surface area contributed by atoms with E-state index in [1.807, 2.05) is 17.8 Å². The molecule has 4 heteroatoms. The lowest BCUT2D eigenvalue weighted by Gasteiger charge is -2.27. The Morgan fingerprint density at radius 2 is 1.89 bits per heavy atom. The van der Waals surface area contributed by atoms with Gasteiger partial charge in [-0.05, 0) is 61.7 Å². The SMILES string of the molecule is O=C(O)CCC/C=C\C[C@@H]1[C@@H](CCSCC=Cc2ccccc2)[C@@H]2CC[C@H]1O2. The summed E-state index contributed by atoms with van der Waals surface area (Å²) in [5.74, 6) is 2.88. The van der Waals surface area contributed by atoms with Crippen molar-refractivity contribution >= 4 is 23.8 Å². The van der Waals surface area contributed by atoms with E-state index in [0.29, 0.717) is 24.0 Å². The lowest BCUT2D eigenvalue weighted by molar-refractivity contribution is -0.137. The van der Waals surface area contributed by atoms with Gasteiger partial charge in [-0.3, -0.25) is 4.79 Å². The molecular formula is C24H32O3S. The van der Waals surface area contributed by atoms with Gasteiger partial charge in [-0.15, -0.1) is 0 Å². The second kappa shape index (κ2) is 11.5. The molecule has 0 spiro atoms. The first-order chi connectivity index (χ1) is 13.7. The molecule has 0 amide bonds. The highest BCUT2D eigenvalue weighted by molar-refractivity contribution is 7.99. The molecule has 2 heterocycles. The summed E-state index contributed by atoms with van der Waals surface area (Å²) in [6, 6.07) is 10.5. The highest BCUT2D eigenvalue weighted by Crippen LogP contribution is 2.47. The normalized spacial score (nSPS) is 26.6. The van der Waals surface area contributed by atoms with E-state index in [1.54, 1.807) is 0 Å². The van der Waals surface area contributed by atoms with E-state index in [-0.39, 0.29) is 6.42 Å². The van der Waals surface area contributed by atoms with E-state index in [1.165, 1.54) is 30.6 Å². The molecule has 1 N–H and O–H groups in total. The third kappa shape index (κ3) is 6.52. The number of aliphatic carboxylic acids is 1. The third-order valence-electron chi connectivity index (χ3n) is 5.85. The molecule has 0 saturated carbocycles. The van der Waals surface area contributed by atoms with Gasteiger partial charge in [-0.25, -0.2) is 0 Å². The van der Waals surface area contributed by atoms with Crippen LogP contribution in [-0.4, -0.2) is 34.8 Å². The van der Waals surface area contributed by atoms with E-state index in [9.17, 15) is 4.79 Å². The number of thioether (sulfide) groups is 1. The minimum atomic E-state index is -0.703. The van der Waals surface area contributed by atoms with Gasteiger partial charge in [0.15, 0.2) is 0 Å². The zero-order valence-corrected chi connectivity index (χ0v) is 17.4. The van der Waals surface area contributed by atoms with Crippen molar-refractivity contribution in [2.24, 2.45) is 11.8 Å². The van der Waals surface area contributed by atoms with Crippen LogP contribution in [-0.2, 0) is 9.53 Å². The van der Waals surface area contributed by atoms with Crippen LogP contribution >= 0.6 is 11.8 Å². The number of allylic oxidation sites excluding steroid dienone is 2. The topological polar surface area (TPSA) is 46.5 Å². The summed E-state index contributed by atoms with van der Waals surface area (Å²) in [4.78, 5) is 10.6. The molecule has 2 fully saturated rings. The summed E-state index contributed by atoms with van der Waals surface area (Å²) in [5, 5.41) is 8.70. The molecule has 0 aliphatic carbocycles. The van der Waals surface area contributed by atoms with Crippen molar-refractivity contribution in [1.82, 2.24) is 0 Å². The molecule has 0 unspecified atom stereocenters. The number of benzene rings is 1. The minimum absolute atomic E-state index is 0.264. The Morgan fingerprint density at radius 1 is 1.11 bits per heavy atom. The number of carbonyl (C=O) groups is 1. The Balaban J connectivity index is 1.35. The van der Waals surface area contributed by atoms with E-state index < -0.39 is 5.97 Å². The molecule has 28 heavy (non-hydrogen) atoms. The molecule has 0 aromatic heterocycles. The number of ether oxygens (including phenoxy) is 1. The molecule has 2 aliphatic rings. The van der Waals surface area contributed by atoms with Crippen LogP contribution in [0.5, 0.6) is 0 Å². The average molecular weight is 401 g/mol. The van der Waals surface area contributed by atoms with Crippen LogP contribution in [0.2, 0.25) is 0 Å². The first kappa shape index (κ1) is 21.2. The Kier molecular flexibility index (Phi) is 8.69. The van der Waals surface area contributed by atoms with Gasteiger partial charge in [0.25, 0.3) is 0 Å². The van der Waals surface area contributed by atoms with Gasteiger partial charge in [-0.1, -0.05) is 54.6 Å². The molecule has 3 nitrogen and oxygen atoms in total. The predicted octanol–water partition coefficient (Wildman–Crippen LogP) is 5.82. The van der Waals surface area contributed by atoms with E-state index in [0.717, 1.165) is 25.0 Å². The first-order valence-electron chi connectivity index (χ1n) is 10.6. The number of carboxylic acid groups (broad SMARTS) is 1. The molecule has 2 saturated heterocycles. The van der Waals surface area contributed by atoms with Gasteiger partial charge >= 0.3 is 5.97 Å². The van der Waals surface area contributed by atoms with Crippen LogP contribution in [0.3, 0.4) is 0 Å². The van der Waals surface area contributed by atoms with Crippen molar-refractivity contribution in [3.63, 3.8) is 0 Å². The number of hydrogen-bond acceptors (Lipinski definition) is 3. The number of rotatable bonds is 12. The predicted molar refractivity (Wildman–Crippen MR) is 118 cm³/mol. The second-order valence-corrected chi connectivity index (χ2v) is 8.94. The van der Waals surface area contributed by atoms with Crippen LogP contribution in [0, 0.1) is 11.8 Å². The highest BCUT2D eigenvalue weighted by Gasteiger charge is 2.47. The molecule has 1 aromatic carbocycles. The minimum Gasteiger partial charge on any atom is -0.481 e. The monoisotopic (exact) mass is 400 g/mol. The standard InChI is InChI=1S/C24H32O3S/c25-24(26)13-7-2-1-6-12-20-21(23-15-14-22(20)27-23)16-18-28-17-8-11-19-9-4-3-5-10-19/h1,3-6,8-11,20-23H,2,7,12-18H2,(H,25,26)/b6-1-,11-8?/t20-,21-,22-,23+/m1/s1. The summed E-state index contributed by atoms with van der Waals surface area (Å²) in [7, 11) is 0. The van der Waals surface area contributed by atoms with Crippen molar-refractivity contribution in [3.8, 4) is 0 Å². The van der Waals surface area contributed by atoms with Crippen LogP contribution < -0.4 is 0 Å². The van der Waals surface area contributed by atoms with Crippen LogP contribution in [0.25, 0.3) is 6.08 Å². The van der Waals surface area contributed by atoms with Crippen molar-refractivity contribution in [1.29, 1.82) is 0 Å². The van der Waals surface area contributed by atoms with Gasteiger partial charge in [0.1, 0.15) is 0 Å². The fraction of sp³-hybridized carbons (Fsp3) is 0.542.